The van der Waals surface area contributed by atoms with Crippen LogP contribution in [0.2, 0.25) is 0 Å². The average molecular weight is 516 g/mol. The van der Waals surface area contributed by atoms with E-state index in [1.807, 2.05) is 7.05 Å². The largest absolute Gasteiger partial charge is 0.488 e. The Kier molecular flexibility index (Phi) is 10.5. The number of nitrogens with zero attached hydrogens (tertiary/aromatic N) is 2. The van der Waals surface area contributed by atoms with Gasteiger partial charge >= 0.3 is 0 Å². The predicted molar refractivity (Wildman–Crippen MR) is 129 cm³/mol. The number of benzene rings is 1. The van der Waals surface area contributed by atoms with Gasteiger partial charge in [-0.05, 0) is 63.9 Å². The molecule has 1 aromatic rings. The Morgan fingerprint density at radius 2 is 2.03 bits per heavy atom. The minimum Gasteiger partial charge on any atom is -0.488 e. The van der Waals surface area contributed by atoms with Crippen LogP contribution in [-0.2, 0) is 11.3 Å². The number of likely N-dealkylation sites (tertiary alicyclic amines) is 1. The Bertz CT molecular complexity index is 642. The van der Waals surface area contributed by atoms with E-state index in [0.717, 1.165) is 42.8 Å². The molecule has 0 saturated carbocycles. The highest BCUT2D eigenvalue weighted by Gasteiger charge is 2.19. The molecule has 2 N–H and O–H groups in total. The summed E-state index contributed by atoms with van der Waals surface area (Å²) in [7, 11) is 4.04. The molecule has 0 aliphatic carbocycles. The minimum absolute atomic E-state index is 0. The molecular weight excluding hydrogens is 479 g/mol. The smallest absolute Gasteiger partial charge is 0.191 e. The van der Waals surface area contributed by atoms with Crippen molar-refractivity contribution in [1.82, 2.24) is 15.5 Å². The summed E-state index contributed by atoms with van der Waals surface area (Å²) in [6.07, 6.45) is 4.93. The van der Waals surface area contributed by atoms with Crippen molar-refractivity contribution < 1.29 is 9.47 Å². The molecule has 6 nitrogen and oxygen atoms in total. The second-order valence-electron chi connectivity index (χ2n) is 8.10. The normalized spacial score (nSPS) is 20.9. The van der Waals surface area contributed by atoms with Crippen molar-refractivity contribution in [3.63, 3.8) is 0 Å². The summed E-state index contributed by atoms with van der Waals surface area (Å²) in [6.45, 7) is 7.67. The molecule has 0 amide bonds. The molecular formula is C22H37IN4O2. The van der Waals surface area contributed by atoms with E-state index in [1.165, 1.54) is 37.9 Å². The number of halogens is 1. The van der Waals surface area contributed by atoms with Crippen LogP contribution in [0.3, 0.4) is 0 Å². The number of aliphatic imine (C=N–C) groups is 1. The minimum atomic E-state index is 0. The molecule has 164 valence electrons. The number of guanidine groups is 1. The van der Waals surface area contributed by atoms with Crippen LogP contribution in [0.5, 0.6) is 5.75 Å². The Hall–Kier alpha value is -1.06. The topological polar surface area (TPSA) is 58.1 Å². The fourth-order valence-corrected chi connectivity index (χ4v) is 3.85. The molecule has 2 heterocycles. The van der Waals surface area contributed by atoms with Crippen molar-refractivity contribution in [2.75, 3.05) is 46.9 Å². The molecule has 0 bridgehead atoms. The Morgan fingerprint density at radius 1 is 1.24 bits per heavy atom. The van der Waals surface area contributed by atoms with Crippen LogP contribution in [-0.4, -0.2) is 63.9 Å². The van der Waals surface area contributed by atoms with Crippen LogP contribution in [0, 0.1) is 12.8 Å². The van der Waals surface area contributed by atoms with E-state index >= 15 is 0 Å². The van der Waals surface area contributed by atoms with Crippen molar-refractivity contribution in [3.05, 3.63) is 29.3 Å². The van der Waals surface area contributed by atoms with Gasteiger partial charge in [-0.15, -0.1) is 24.0 Å². The highest BCUT2D eigenvalue weighted by molar-refractivity contribution is 14.0. The molecule has 2 aliphatic heterocycles. The average Bonchev–Trinajstić information content (AvgIpc) is 3.20. The van der Waals surface area contributed by atoms with Gasteiger partial charge in [0.05, 0.1) is 13.2 Å². The second-order valence-corrected chi connectivity index (χ2v) is 8.10. The van der Waals surface area contributed by atoms with Gasteiger partial charge in [0.1, 0.15) is 11.9 Å². The SMILES string of the molecule is CN=C(NCCC1CCN(C)CC1)NCc1ccc(C)cc1OC1CCOC1.I. The lowest BCUT2D eigenvalue weighted by Crippen LogP contribution is -2.38. The summed E-state index contributed by atoms with van der Waals surface area (Å²) in [5, 5.41) is 6.90. The Morgan fingerprint density at radius 3 is 2.72 bits per heavy atom. The summed E-state index contributed by atoms with van der Waals surface area (Å²) in [6, 6.07) is 6.39. The van der Waals surface area contributed by atoms with Crippen LogP contribution < -0.4 is 15.4 Å². The summed E-state index contributed by atoms with van der Waals surface area (Å²) < 4.78 is 11.6. The molecule has 3 rings (SSSR count). The number of rotatable bonds is 7. The number of aryl methyl sites for hydroxylation is 1. The Labute approximate surface area is 192 Å². The summed E-state index contributed by atoms with van der Waals surface area (Å²) in [5.74, 6) is 2.63. The first-order valence-corrected chi connectivity index (χ1v) is 10.6. The van der Waals surface area contributed by atoms with E-state index in [4.69, 9.17) is 9.47 Å². The lowest BCUT2D eigenvalue weighted by Gasteiger charge is -2.29. The first-order chi connectivity index (χ1) is 13.6. The third-order valence-corrected chi connectivity index (χ3v) is 5.76. The molecule has 2 saturated heterocycles. The number of hydrogen-bond donors (Lipinski definition) is 2. The van der Waals surface area contributed by atoms with E-state index in [1.54, 1.807) is 0 Å². The number of hydrogen-bond acceptors (Lipinski definition) is 4. The summed E-state index contributed by atoms with van der Waals surface area (Å²) in [4.78, 5) is 6.79. The molecule has 0 aromatic heterocycles. The number of nitrogens with one attached hydrogen (secondary N) is 2. The quantitative estimate of drug-likeness (QED) is 0.331. The third kappa shape index (κ3) is 7.94. The highest BCUT2D eigenvalue weighted by atomic mass is 127. The maximum absolute atomic E-state index is 6.19. The molecule has 2 fully saturated rings. The standard InChI is InChI=1S/C22H36N4O2.HI/c1-17-4-5-19(21(14-17)28-20-9-13-27-16-20)15-25-22(23-2)24-10-6-18-7-11-26(3)12-8-18;/h4-5,14,18,20H,6-13,15-16H2,1-3H3,(H2,23,24,25);1H. The molecule has 0 radical (unpaired) electrons. The van der Waals surface area contributed by atoms with Gasteiger partial charge in [-0.1, -0.05) is 12.1 Å². The zero-order chi connectivity index (χ0) is 19.8. The zero-order valence-electron chi connectivity index (χ0n) is 18.1. The van der Waals surface area contributed by atoms with Crippen LogP contribution in [0.1, 0.15) is 36.8 Å². The van der Waals surface area contributed by atoms with Crippen LogP contribution >= 0.6 is 24.0 Å². The monoisotopic (exact) mass is 516 g/mol. The van der Waals surface area contributed by atoms with Crippen molar-refractivity contribution in [1.29, 1.82) is 0 Å². The van der Waals surface area contributed by atoms with Gasteiger partial charge < -0.3 is 25.0 Å². The van der Waals surface area contributed by atoms with Gasteiger partial charge in [-0.25, -0.2) is 0 Å². The first-order valence-electron chi connectivity index (χ1n) is 10.6. The lowest BCUT2D eigenvalue weighted by molar-refractivity contribution is 0.140. The fraction of sp³-hybridized carbons (Fsp3) is 0.682. The van der Waals surface area contributed by atoms with Gasteiger partial charge in [0.2, 0.25) is 0 Å². The van der Waals surface area contributed by atoms with Crippen molar-refractivity contribution in [2.45, 2.75) is 45.3 Å². The fourth-order valence-electron chi connectivity index (χ4n) is 3.85. The zero-order valence-corrected chi connectivity index (χ0v) is 20.4. The first kappa shape index (κ1) is 24.2. The van der Waals surface area contributed by atoms with Crippen LogP contribution in [0.15, 0.2) is 23.2 Å². The van der Waals surface area contributed by atoms with E-state index in [0.29, 0.717) is 13.2 Å². The maximum atomic E-state index is 6.19. The predicted octanol–water partition coefficient (Wildman–Crippen LogP) is 3.18. The van der Waals surface area contributed by atoms with Crippen LogP contribution in [0.25, 0.3) is 0 Å². The van der Waals surface area contributed by atoms with E-state index in [2.05, 4.69) is 52.7 Å². The number of piperidine rings is 1. The van der Waals surface area contributed by atoms with Gasteiger partial charge in [0.15, 0.2) is 5.96 Å². The maximum Gasteiger partial charge on any atom is 0.191 e. The molecule has 1 unspecified atom stereocenters. The van der Waals surface area contributed by atoms with Gasteiger partial charge in [-0.3, -0.25) is 4.99 Å². The van der Waals surface area contributed by atoms with Crippen molar-refractivity contribution in [2.24, 2.45) is 10.9 Å². The summed E-state index contributed by atoms with van der Waals surface area (Å²) >= 11 is 0. The van der Waals surface area contributed by atoms with E-state index in [-0.39, 0.29) is 30.1 Å². The molecule has 1 atom stereocenters. The highest BCUT2D eigenvalue weighted by Crippen LogP contribution is 2.24. The van der Waals surface area contributed by atoms with Crippen molar-refractivity contribution >= 4 is 29.9 Å². The van der Waals surface area contributed by atoms with E-state index < -0.39 is 0 Å². The van der Waals surface area contributed by atoms with E-state index in [9.17, 15) is 0 Å². The Balaban J connectivity index is 0.00000300. The number of ether oxygens (including phenoxy) is 2. The third-order valence-electron chi connectivity index (χ3n) is 5.76. The molecule has 0 spiro atoms. The van der Waals surface area contributed by atoms with Gasteiger partial charge in [0, 0.05) is 32.1 Å². The molecule has 2 aliphatic rings. The lowest BCUT2D eigenvalue weighted by atomic mass is 9.94. The summed E-state index contributed by atoms with van der Waals surface area (Å²) in [5.41, 5.74) is 2.36. The van der Waals surface area contributed by atoms with Gasteiger partial charge in [0.25, 0.3) is 0 Å². The van der Waals surface area contributed by atoms with Crippen molar-refractivity contribution in [3.8, 4) is 5.75 Å². The molecule has 29 heavy (non-hydrogen) atoms. The van der Waals surface area contributed by atoms with Gasteiger partial charge in [-0.2, -0.15) is 0 Å². The van der Waals surface area contributed by atoms with Crippen LogP contribution in [0.4, 0.5) is 0 Å². The molecule has 1 aromatic carbocycles. The second kappa shape index (κ2) is 12.6. The molecule has 7 heteroatoms.